The van der Waals surface area contributed by atoms with Crippen molar-refractivity contribution in [3.8, 4) is 0 Å². The van der Waals surface area contributed by atoms with Gasteiger partial charge in [0.25, 0.3) is 0 Å². The van der Waals surface area contributed by atoms with Gasteiger partial charge in [0.05, 0.1) is 11.4 Å². The molecule has 2 aromatic rings. The van der Waals surface area contributed by atoms with Gasteiger partial charge in [0.15, 0.2) is 0 Å². The van der Waals surface area contributed by atoms with Crippen LogP contribution in [-0.2, 0) is 22.3 Å². The van der Waals surface area contributed by atoms with Crippen molar-refractivity contribution in [2.24, 2.45) is 15.7 Å². The second kappa shape index (κ2) is 9.67. The molecule has 3 rings (SSSR count). The van der Waals surface area contributed by atoms with E-state index >= 15 is 0 Å². The highest BCUT2D eigenvalue weighted by Crippen LogP contribution is 2.30. The summed E-state index contributed by atoms with van der Waals surface area (Å²) in [5.74, 6) is 0. The number of halogens is 3. The maximum absolute atomic E-state index is 13.0. The van der Waals surface area contributed by atoms with Gasteiger partial charge >= 0.3 is 6.18 Å². The zero-order chi connectivity index (χ0) is 23.4. The third-order valence-corrected chi connectivity index (χ3v) is 4.95. The molecule has 0 unspecified atom stereocenters. The van der Waals surface area contributed by atoms with E-state index in [2.05, 4.69) is 20.3 Å². The van der Waals surface area contributed by atoms with Gasteiger partial charge in [-0.3, -0.25) is 4.98 Å². The van der Waals surface area contributed by atoms with Crippen LogP contribution in [0.15, 0.2) is 40.6 Å². The minimum absolute atomic E-state index is 0.210. The van der Waals surface area contributed by atoms with Crippen LogP contribution in [0, 0.1) is 12.3 Å². The van der Waals surface area contributed by atoms with E-state index in [1.54, 1.807) is 0 Å². The van der Waals surface area contributed by atoms with Gasteiger partial charge in [-0.05, 0) is 56.9 Å². The maximum atomic E-state index is 13.0. The predicted molar refractivity (Wildman–Crippen MR) is 116 cm³/mol. The molecule has 6 nitrogen and oxygen atoms in total. The van der Waals surface area contributed by atoms with Crippen LogP contribution in [0.25, 0.3) is 0 Å². The van der Waals surface area contributed by atoms with Crippen molar-refractivity contribution < 1.29 is 22.8 Å². The minimum atomic E-state index is -4.50. The van der Waals surface area contributed by atoms with E-state index in [0.717, 1.165) is 29.4 Å². The summed E-state index contributed by atoms with van der Waals surface area (Å²) < 4.78 is 39.1. The second-order valence-electron chi connectivity index (χ2n) is 8.65. The highest BCUT2D eigenvalue weighted by Gasteiger charge is 2.34. The SMILES string of the molecule is C/C(=N\OCC(C)(C)CO/N=C1\CCCc2ccc(C(F)(F)F)nc21)c1cccc(C)n1. The van der Waals surface area contributed by atoms with Crippen LogP contribution < -0.4 is 0 Å². The average Bonchev–Trinajstić information content (AvgIpc) is 2.72. The molecule has 0 fully saturated rings. The first kappa shape index (κ1) is 23.7. The van der Waals surface area contributed by atoms with Crippen molar-refractivity contribution >= 4 is 11.4 Å². The van der Waals surface area contributed by atoms with Gasteiger partial charge in [-0.1, -0.05) is 36.3 Å². The Morgan fingerprint density at radius 1 is 1.03 bits per heavy atom. The largest absolute Gasteiger partial charge is 0.433 e. The first-order chi connectivity index (χ1) is 15.0. The summed E-state index contributed by atoms with van der Waals surface area (Å²) in [6, 6.07) is 8.16. The van der Waals surface area contributed by atoms with Crippen LogP contribution in [0.4, 0.5) is 13.2 Å². The fourth-order valence-corrected chi connectivity index (χ4v) is 3.17. The second-order valence-corrected chi connectivity index (χ2v) is 8.65. The molecule has 0 bridgehead atoms. The Labute approximate surface area is 185 Å². The van der Waals surface area contributed by atoms with Crippen molar-refractivity contribution in [3.63, 3.8) is 0 Å². The predicted octanol–water partition coefficient (Wildman–Crippen LogP) is 5.33. The summed E-state index contributed by atoms with van der Waals surface area (Å²) >= 11 is 0. The standard InChI is InChI=1S/C23H27F3N4O2/c1-15-7-5-9-18(27-15)16(2)29-31-13-22(3,4)14-32-30-19-10-6-8-17-11-12-20(23(24,25)26)28-21(17)19/h5,7,9,11-12H,6,8,10,13-14H2,1-4H3/b29-16+,30-19+. The number of aryl methyl sites for hydroxylation is 2. The normalized spacial score (nSPS) is 16.1. The summed E-state index contributed by atoms with van der Waals surface area (Å²) in [6.45, 7) is 8.06. The van der Waals surface area contributed by atoms with Crippen LogP contribution >= 0.6 is 0 Å². The highest BCUT2D eigenvalue weighted by atomic mass is 19.4. The number of nitrogens with zero attached hydrogens (tertiary/aromatic N) is 4. The van der Waals surface area contributed by atoms with Gasteiger partial charge in [-0.15, -0.1) is 0 Å². The van der Waals surface area contributed by atoms with Crippen molar-refractivity contribution in [1.82, 2.24) is 9.97 Å². The third-order valence-electron chi connectivity index (χ3n) is 4.95. The molecular formula is C23H27F3N4O2. The highest BCUT2D eigenvalue weighted by molar-refractivity contribution is 6.00. The van der Waals surface area contributed by atoms with E-state index in [-0.39, 0.29) is 18.9 Å². The summed E-state index contributed by atoms with van der Waals surface area (Å²) in [5, 5.41) is 8.25. The molecule has 0 aromatic carbocycles. The molecule has 1 aliphatic carbocycles. The molecule has 0 atom stereocenters. The van der Waals surface area contributed by atoms with Gasteiger partial charge < -0.3 is 9.68 Å². The van der Waals surface area contributed by atoms with E-state index in [9.17, 15) is 13.2 Å². The first-order valence-corrected chi connectivity index (χ1v) is 10.4. The summed E-state index contributed by atoms with van der Waals surface area (Å²) in [4.78, 5) is 19.2. The van der Waals surface area contributed by atoms with Gasteiger partial charge in [0, 0.05) is 11.1 Å². The number of fused-ring (bicyclic) bond motifs is 1. The zero-order valence-electron chi connectivity index (χ0n) is 18.7. The first-order valence-electron chi connectivity index (χ1n) is 10.4. The number of hydrogen-bond donors (Lipinski definition) is 0. The molecule has 0 saturated heterocycles. The van der Waals surface area contributed by atoms with Gasteiger partial charge in [0.1, 0.15) is 30.3 Å². The Balaban J connectivity index is 1.60. The fourth-order valence-electron chi connectivity index (χ4n) is 3.17. The number of hydrogen-bond acceptors (Lipinski definition) is 6. The molecule has 172 valence electrons. The molecular weight excluding hydrogens is 421 g/mol. The molecule has 2 aromatic heterocycles. The summed E-state index contributed by atoms with van der Waals surface area (Å²) in [7, 11) is 0. The van der Waals surface area contributed by atoms with Crippen molar-refractivity contribution in [1.29, 1.82) is 0 Å². The minimum Gasteiger partial charge on any atom is -0.395 e. The molecule has 0 radical (unpaired) electrons. The molecule has 0 amide bonds. The Bertz CT molecular complexity index is 1020. The lowest BCUT2D eigenvalue weighted by atomic mass is 9.94. The van der Waals surface area contributed by atoms with Gasteiger partial charge in [0.2, 0.25) is 0 Å². The Kier molecular flexibility index (Phi) is 7.16. The molecule has 2 heterocycles. The Morgan fingerprint density at radius 2 is 1.78 bits per heavy atom. The molecule has 0 aliphatic heterocycles. The number of alkyl halides is 3. The number of oxime groups is 2. The Morgan fingerprint density at radius 3 is 2.50 bits per heavy atom. The number of pyridine rings is 2. The van der Waals surface area contributed by atoms with Crippen LogP contribution in [0.1, 0.15) is 62.0 Å². The molecule has 32 heavy (non-hydrogen) atoms. The van der Waals surface area contributed by atoms with Gasteiger partial charge in [-0.25, -0.2) is 4.98 Å². The van der Waals surface area contributed by atoms with Crippen molar-refractivity contribution in [3.05, 3.63) is 58.7 Å². The number of rotatable bonds is 7. The molecule has 0 saturated carbocycles. The lowest BCUT2D eigenvalue weighted by molar-refractivity contribution is -0.141. The molecule has 0 N–H and O–H groups in total. The van der Waals surface area contributed by atoms with Crippen molar-refractivity contribution in [2.75, 3.05) is 13.2 Å². The molecule has 9 heteroatoms. The fraction of sp³-hybridized carbons (Fsp3) is 0.478. The zero-order valence-corrected chi connectivity index (χ0v) is 18.7. The maximum Gasteiger partial charge on any atom is 0.433 e. The lowest BCUT2D eigenvalue weighted by Crippen LogP contribution is -2.25. The van der Waals surface area contributed by atoms with E-state index in [0.29, 0.717) is 24.3 Å². The van der Waals surface area contributed by atoms with Gasteiger partial charge in [-0.2, -0.15) is 13.2 Å². The summed E-state index contributed by atoms with van der Waals surface area (Å²) in [5.41, 5.74) is 2.42. The van der Waals surface area contributed by atoms with Crippen LogP contribution in [0.3, 0.4) is 0 Å². The van der Waals surface area contributed by atoms with Crippen LogP contribution in [0.5, 0.6) is 0 Å². The van der Waals surface area contributed by atoms with Crippen LogP contribution in [-0.4, -0.2) is 34.6 Å². The number of aromatic nitrogens is 2. The van der Waals surface area contributed by atoms with E-state index in [1.807, 2.05) is 45.9 Å². The van der Waals surface area contributed by atoms with E-state index in [1.165, 1.54) is 6.07 Å². The Hall–Kier alpha value is -2.97. The van der Waals surface area contributed by atoms with Crippen molar-refractivity contribution in [2.45, 2.75) is 53.1 Å². The van der Waals surface area contributed by atoms with E-state index < -0.39 is 17.3 Å². The molecule has 1 aliphatic rings. The third kappa shape index (κ3) is 6.27. The quantitative estimate of drug-likeness (QED) is 0.424. The van der Waals surface area contributed by atoms with Crippen LogP contribution in [0.2, 0.25) is 0 Å². The lowest BCUT2D eigenvalue weighted by Gasteiger charge is -2.22. The van der Waals surface area contributed by atoms with E-state index in [4.69, 9.17) is 9.68 Å². The monoisotopic (exact) mass is 448 g/mol. The topological polar surface area (TPSA) is 69.0 Å². The molecule has 0 spiro atoms. The average molecular weight is 448 g/mol. The summed E-state index contributed by atoms with van der Waals surface area (Å²) in [6.07, 6.45) is -2.52. The smallest absolute Gasteiger partial charge is 0.395 e.